The summed E-state index contributed by atoms with van der Waals surface area (Å²) in [7, 11) is 2.06. The van der Waals surface area contributed by atoms with Crippen molar-refractivity contribution in [2.45, 2.75) is 13.5 Å². The van der Waals surface area contributed by atoms with Crippen molar-refractivity contribution in [2.75, 3.05) is 43.4 Å². The lowest BCUT2D eigenvalue weighted by Crippen LogP contribution is -2.44. The van der Waals surface area contributed by atoms with Crippen molar-refractivity contribution in [2.24, 2.45) is 0 Å². The van der Waals surface area contributed by atoms with Gasteiger partial charge < -0.3 is 19.9 Å². The van der Waals surface area contributed by atoms with Crippen molar-refractivity contribution >= 4 is 17.3 Å². The number of carbonyl (C=O) groups is 1. The van der Waals surface area contributed by atoms with Gasteiger partial charge in [0.1, 0.15) is 22.9 Å². The van der Waals surface area contributed by atoms with Crippen LogP contribution in [0.2, 0.25) is 0 Å². The van der Waals surface area contributed by atoms with Gasteiger partial charge in [-0.25, -0.2) is 8.78 Å². The summed E-state index contributed by atoms with van der Waals surface area (Å²) >= 11 is 0. The fourth-order valence-corrected chi connectivity index (χ4v) is 3.17. The first kappa shape index (κ1) is 20.9. The predicted molar refractivity (Wildman–Crippen MR) is 102 cm³/mol. The Morgan fingerprint density at radius 2 is 1.69 bits per heavy atom. The number of halogens is 4. The van der Waals surface area contributed by atoms with Crippen LogP contribution in [-0.4, -0.2) is 50.6 Å². The molecular weight excluding hydrogens is 390 g/mol. The molecule has 0 bridgehead atoms. The van der Waals surface area contributed by atoms with Crippen molar-refractivity contribution in [3.05, 3.63) is 53.1 Å². The summed E-state index contributed by atoms with van der Waals surface area (Å²) in [5, 5.41) is 2.47. The first-order valence-corrected chi connectivity index (χ1v) is 9.04. The molecule has 9 heteroatoms. The van der Waals surface area contributed by atoms with Crippen molar-refractivity contribution < 1.29 is 27.1 Å². The highest BCUT2D eigenvalue weighted by atomic mass is 19.3. The number of piperazine rings is 1. The maximum absolute atomic E-state index is 14.1. The average Bonchev–Trinajstić information content (AvgIpc) is 2.63. The number of amides is 1. The lowest BCUT2D eigenvalue weighted by atomic mass is 10.1. The highest BCUT2D eigenvalue weighted by molar-refractivity contribution is 6.05. The summed E-state index contributed by atoms with van der Waals surface area (Å²) in [5.41, 5.74) is 1.27. The summed E-state index contributed by atoms with van der Waals surface area (Å²) in [5.74, 6) is -4.28. The van der Waals surface area contributed by atoms with Crippen LogP contribution in [0.1, 0.15) is 15.9 Å². The highest BCUT2D eigenvalue weighted by Gasteiger charge is 2.21. The van der Waals surface area contributed by atoms with Gasteiger partial charge in [-0.3, -0.25) is 4.79 Å². The van der Waals surface area contributed by atoms with Crippen LogP contribution >= 0.6 is 0 Å². The number of ether oxygens (including phenoxy) is 1. The number of nitrogens with one attached hydrogen (secondary N) is 1. The van der Waals surface area contributed by atoms with Gasteiger partial charge in [0, 0.05) is 49.7 Å². The molecule has 1 aliphatic rings. The van der Waals surface area contributed by atoms with Gasteiger partial charge in [-0.2, -0.15) is 8.78 Å². The van der Waals surface area contributed by atoms with Crippen molar-refractivity contribution in [1.29, 1.82) is 0 Å². The summed E-state index contributed by atoms with van der Waals surface area (Å²) in [6, 6.07) is 6.50. The molecule has 29 heavy (non-hydrogen) atoms. The zero-order valence-corrected chi connectivity index (χ0v) is 16.0. The number of anilines is 2. The molecule has 156 valence electrons. The second-order valence-electron chi connectivity index (χ2n) is 6.88. The van der Waals surface area contributed by atoms with Gasteiger partial charge in [-0.05, 0) is 37.7 Å². The van der Waals surface area contributed by atoms with Gasteiger partial charge in [0.2, 0.25) is 0 Å². The van der Waals surface area contributed by atoms with Crippen LogP contribution in [0, 0.1) is 18.6 Å². The number of carbonyl (C=O) groups excluding carboxylic acids is 1. The maximum atomic E-state index is 14.1. The molecule has 1 N–H and O–H groups in total. The molecule has 0 aromatic heterocycles. The van der Waals surface area contributed by atoms with Gasteiger partial charge in [-0.15, -0.1) is 0 Å². The maximum Gasteiger partial charge on any atom is 0.387 e. The van der Waals surface area contributed by atoms with E-state index < -0.39 is 35.5 Å². The van der Waals surface area contributed by atoms with Crippen molar-refractivity contribution in [3.63, 3.8) is 0 Å². The third kappa shape index (κ3) is 4.97. The number of hydrogen-bond donors (Lipinski definition) is 1. The zero-order chi connectivity index (χ0) is 21.1. The molecular formula is C20H21F4N3O2. The van der Waals surface area contributed by atoms with Crippen LogP contribution in [0.4, 0.5) is 28.9 Å². The zero-order valence-electron chi connectivity index (χ0n) is 16.0. The third-order valence-electron chi connectivity index (χ3n) is 4.79. The SMILES string of the molecule is Cc1cc(N2CCN(C)CC2)ccc1NC(=O)c1c(F)cc(OC(F)F)cc1F. The van der Waals surface area contributed by atoms with E-state index in [4.69, 9.17) is 0 Å². The molecule has 1 saturated heterocycles. The van der Waals surface area contributed by atoms with E-state index in [0.717, 1.165) is 37.4 Å². The van der Waals surface area contributed by atoms with Crippen molar-refractivity contribution in [1.82, 2.24) is 4.90 Å². The van der Waals surface area contributed by atoms with Crippen LogP contribution in [0.3, 0.4) is 0 Å². The Morgan fingerprint density at radius 1 is 1.07 bits per heavy atom. The minimum absolute atomic E-state index is 0.402. The largest absolute Gasteiger partial charge is 0.435 e. The molecule has 0 saturated carbocycles. The van der Waals surface area contributed by atoms with Crippen molar-refractivity contribution in [3.8, 4) is 5.75 Å². The molecule has 1 heterocycles. The Bertz CT molecular complexity index is 876. The number of nitrogens with zero attached hydrogens (tertiary/aromatic N) is 2. The topological polar surface area (TPSA) is 44.8 Å². The van der Waals surface area contributed by atoms with E-state index >= 15 is 0 Å². The average molecular weight is 411 g/mol. The number of rotatable bonds is 5. The lowest BCUT2D eigenvalue weighted by Gasteiger charge is -2.34. The fourth-order valence-electron chi connectivity index (χ4n) is 3.17. The minimum atomic E-state index is -3.23. The Kier molecular flexibility index (Phi) is 6.26. The summed E-state index contributed by atoms with van der Waals surface area (Å²) < 4.78 is 56.6. The molecule has 0 radical (unpaired) electrons. The van der Waals surface area contributed by atoms with Gasteiger partial charge in [0.05, 0.1) is 0 Å². The second kappa shape index (κ2) is 8.69. The number of hydrogen-bond acceptors (Lipinski definition) is 4. The lowest BCUT2D eigenvalue weighted by molar-refractivity contribution is -0.0501. The Morgan fingerprint density at radius 3 is 2.24 bits per heavy atom. The predicted octanol–water partition coefficient (Wildman–Crippen LogP) is 3.88. The summed E-state index contributed by atoms with van der Waals surface area (Å²) in [6.07, 6.45) is 0. The van der Waals surface area contributed by atoms with Gasteiger partial charge >= 0.3 is 6.61 Å². The van der Waals surface area contributed by atoms with Gasteiger partial charge in [0.25, 0.3) is 5.91 Å². The summed E-state index contributed by atoms with van der Waals surface area (Å²) in [6.45, 7) is 2.20. The standard InChI is InChI=1S/C20H21F4N3O2/c1-12-9-13(27-7-5-26(2)6-8-27)3-4-17(12)25-19(28)18-15(21)10-14(11-16(18)22)29-20(23)24/h3-4,9-11,20H,5-8H2,1-2H3,(H,25,28). The normalized spacial score (nSPS) is 14.9. The molecule has 0 unspecified atom stereocenters. The first-order chi connectivity index (χ1) is 13.7. The molecule has 1 amide bonds. The monoisotopic (exact) mass is 411 g/mol. The van der Waals surface area contributed by atoms with E-state index in [2.05, 4.69) is 26.9 Å². The van der Waals surface area contributed by atoms with Crippen LogP contribution in [0.25, 0.3) is 0 Å². The minimum Gasteiger partial charge on any atom is -0.435 e. The van der Waals surface area contributed by atoms with E-state index in [0.29, 0.717) is 17.8 Å². The highest BCUT2D eigenvalue weighted by Crippen LogP contribution is 2.26. The Balaban J connectivity index is 1.75. The van der Waals surface area contributed by atoms with E-state index in [-0.39, 0.29) is 0 Å². The Hall–Kier alpha value is -2.81. The fraction of sp³-hybridized carbons (Fsp3) is 0.350. The van der Waals surface area contributed by atoms with E-state index in [1.807, 2.05) is 12.1 Å². The van der Waals surface area contributed by atoms with Crippen LogP contribution in [0.15, 0.2) is 30.3 Å². The number of alkyl halides is 2. The smallest absolute Gasteiger partial charge is 0.387 e. The number of likely N-dealkylation sites (N-methyl/N-ethyl adjacent to an activating group) is 1. The van der Waals surface area contributed by atoms with E-state index in [1.54, 1.807) is 13.0 Å². The molecule has 1 aliphatic heterocycles. The number of benzene rings is 2. The molecule has 3 rings (SSSR count). The van der Waals surface area contributed by atoms with E-state index in [1.165, 1.54) is 0 Å². The third-order valence-corrected chi connectivity index (χ3v) is 4.79. The second-order valence-corrected chi connectivity index (χ2v) is 6.88. The van der Waals surface area contributed by atoms with Crippen LogP contribution in [0.5, 0.6) is 5.75 Å². The van der Waals surface area contributed by atoms with Crippen LogP contribution in [-0.2, 0) is 0 Å². The van der Waals surface area contributed by atoms with Gasteiger partial charge in [0.15, 0.2) is 0 Å². The first-order valence-electron chi connectivity index (χ1n) is 9.04. The molecule has 0 aliphatic carbocycles. The molecule has 0 atom stereocenters. The molecule has 2 aromatic carbocycles. The molecule has 2 aromatic rings. The Labute approximate surface area is 165 Å². The summed E-state index contributed by atoms with van der Waals surface area (Å²) in [4.78, 5) is 16.8. The molecule has 5 nitrogen and oxygen atoms in total. The molecule has 0 spiro atoms. The van der Waals surface area contributed by atoms with Gasteiger partial charge in [-0.1, -0.05) is 0 Å². The van der Waals surface area contributed by atoms with Crippen LogP contribution < -0.4 is 15.0 Å². The quantitative estimate of drug-likeness (QED) is 0.759. The van der Waals surface area contributed by atoms with E-state index in [9.17, 15) is 22.4 Å². The molecule has 1 fully saturated rings. The number of aryl methyl sites for hydroxylation is 1.